The fourth-order valence-electron chi connectivity index (χ4n) is 1.65. The van der Waals surface area contributed by atoms with Gasteiger partial charge >= 0.3 is 0 Å². The summed E-state index contributed by atoms with van der Waals surface area (Å²) in [6, 6.07) is 7.19. The largest absolute Gasteiger partial charge is 0.507 e. The molecule has 0 bridgehead atoms. The van der Waals surface area contributed by atoms with E-state index in [0.717, 1.165) is 16.5 Å². The van der Waals surface area contributed by atoms with Crippen LogP contribution in [0.1, 0.15) is 11.1 Å². The van der Waals surface area contributed by atoms with Crippen molar-refractivity contribution >= 4 is 10.8 Å². The van der Waals surface area contributed by atoms with E-state index in [9.17, 15) is 10.2 Å². The summed E-state index contributed by atoms with van der Waals surface area (Å²) in [5, 5.41) is 20.9. The molecule has 72 valence electrons. The highest BCUT2D eigenvalue weighted by atomic mass is 16.3. The molecule has 0 amide bonds. The van der Waals surface area contributed by atoms with Gasteiger partial charge in [-0.2, -0.15) is 0 Å². The fourth-order valence-corrected chi connectivity index (χ4v) is 1.65. The minimum absolute atomic E-state index is 0.128. The quantitative estimate of drug-likeness (QED) is 0.667. The van der Waals surface area contributed by atoms with E-state index in [2.05, 4.69) is 0 Å². The van der Waals surface area contributed by atoms with E-state index in [4.69, 9.17) is 0 Å². The lowest BCUT2D eigenvalue weighted by atomic mass is 10.0. The van der Waals surface area contributed by atoms with Crippen molar-refractivity contribution in [1.29, 1.82) is 0 Å². The van der Waals surface area contributed by atoms with Crippen LogP contribution in [0.2, 0.25) is 0 Å². The number of aryl methyl sites for hydroxylation is 1. The summed E-state index contributed by atoms with van der Waals surface area (Å²) in [4.78, 5) is 0. The van der Waals surface area contributed by atoms with E-state index in [0.29, 0.717) is 5.39 Å². The first-order valence-corrected chi connectivity index (χ1v) is 4.52. The van der Waals surface area contributed by atoms with Gasteiger partial charge < -0.3 is 10.2 Å². The molecule has 0 aliphatic heterocycles. The molecule has 0 atom stereocenters. The Balaban J connectivity index is 2.99. The maximum atomic E-state index is 9.86. The Morgan fingerprint density at radius 2 is 1.79 bits per heavy atom. The van der Waals surface area contributed by atoms with Crippen molar-refractivity contribution in [1.82, 2.24) is 0 Å². The Hall–Kier alpha value is -1.70. The first-order chi connectivity index (χ1) is 6.61. The molecule has 0 saturated heterocycles. The molecule has 2 heteroatoms. The van der Waals surface area contributed by atoms with Crippen LogP contribution in [0.5, 0.6) is 11.5 Å². The molecular weight excluding hydrogens is 176 g/mol. The predicted octanol–water partition coefficient (Wildman–Crippen LogP) is 2.87. The van der Waals surface area contributed by atoms with Crippen LogP contribution in [-0.4, -0.2) is 10.2 Å². The van der Waals surface area contributed by atoms with Gasteiger partial charge in [0.05, 0.1) is 5.39 Å². The molecule has 0 aliphatic rings. The van der Waals surface area contributed by atoms with Crippen LogP contribution >= 0.6 is 0 Å². The van der Waals surface area contributed by atoms with Crippen molar-refractivity contribution in [2.75, 3.05) is 0 Å². The molecule has 2 nitrogen and oxygen atoms in total. The van der Waals surface area contributed by atoms with Crippen LogP contribution in [0.4, 0.5) is 0 Å². The lowest BCUT2D eigenvalue weighted by molar-refractivity contribution is 0.461. The Kier molecular flexibility index (Phi) is 1.84. The summed E-state index contributed by atoms with van der Waals surface area (Å²) in [5.41, 5.74) is 1.85. The topological polar surface area (TPSA) is 40.5 Å². The molecule has 0 unspecified atom stereocenters. The van der Waals surface area contributed by atoms with Gasteiger partial charge in [-0.1, -0.05) is 18.2 Å². The molecule has 2 aromatic carbocycles. The van der Waals surface area contributed by atoms with Crippen molar-refractivity contribution < 1.29 is 10.2 Å². The molecule has 2 rings (SSSR count). The maximum Gasteiger partial charge on any atom is 0.130 e. The third-order valence-electron chi connectivity index (χ3n) is 2.63. The standard InChI is InChI=1S/C12H12O2/c1-7-6-9-4-3-5-10(13)11(9)12(14)8(7)2/h3-6,13-14H,1-2H3. The van der Waals surface area contributed by atoms with E-state index in [-0.39, 0.29) is 11.5 Å². The molecule has 2 N–H and O–H groups in total. The van der Waals surface area contributed by atoms with E-state index < -0.39 is 0 Å². The third kappa shape index (κ3) is 1.11. The van der Waals surface area contributed by atoms with Crippen molar-refractivity contribution in [3.8, 4) is 11.5 Å². The smallest absolute Gasteiger partial charge is 0.130 e. The van der Waals surface area contributed by atoms with Gasteiger partial charge in [0.15, 0.2) is 0 Å². The second-order valence-electron chi connectivity index (χ2n) is 3.54. The summed E-state index contributed by atoms with van der Waals surface area (Å²) in [5.74, 6) is 0.307. The van der Waals surface area contributed by atoms with Crippen LogP contribution in [0.25, 0.3) is 10.8 Å². The number of phenolic OH excluding ortho intramolecular Hbond substituents is 2. The van der Waals surface area contributed by atoms with E-state index in [1.807, 2.05) is 26.0 Å². The van der Waals surface area contributed by atoms with Crippen LogP contribution in [-0.2, 0) is 0 Å². The number of rotatable bonds is 0. The molecule has 0 heterocycles. The molecule has 0 saturated carbocycles. The maximum absolute atomic E-state index is 9.86. The van der Waals surface area contributed by atoms with Gasteiger partial charge in [0.2, 0.25) is 0 Å². The van der Waals surface area contributed by atoms with Crippen LogP contribution in [0.3, 0.4) is 0 Å². The Morgan fingerprint density at radius 1 is 1.07 bits per heavy atom. The first kappa shape index (κ1) is 8.88. The minimum Gasteiger partial charge on any atom is -0.507 e. The SMILES string of the molecule is Cc1cc2cccc(O)c2c(O)c1C. The number of benzene rings is 2. The molecule has 0 spiro atoms. The molecular formula is C12H12O2. The Bertz CT molecular complexity index is 501. The monoisotopic (exact) mass is 188 g/mol. The molecule has 0 aliphatic carbocycles. The van der Waals surface area contributed by atoms with Gasteiger partial charge in [-0.05, 0) is 36.4 Å². The minimum atomic E-state index is 0.128. The summed E-state index contributed by atoms with van der Waals surface area (Å²) >= 11 is 0. The molecule has 0 radical (unpaired) electrons. The van der Waals surface area contributed by atoms with E-state index >= 15 is 0 Å². The van der Waals surface area contributed by atoms with Gasteiger partial charge in [-0.15, -0.1) is 0 Å². The molecule has 2 aromatic rings. The van der Waals surface area contributed by atoms with Crippen LogP contribution in [0, 0.1) is 13.8 Å². The van der Waals surface area contributed by atoms with Gasteiger partial charge in [0, 0.05) is 0 Å². The normalized spacial score (nSPS) is 10.7. The number of hydrogen-bond donors (Lipinski definition) is 2. The number of hydrogen-bond acceptors (Lipinski definition) is 2. The lowest BCUT2D eigenvalue weighted by Crippen LogP contribution is -1.84. The average molecular weight is 188 g/mol. The zero-order chi connectivity index (χ0) is 10.3. The highest BCUT2D eigenvalue weighted by Gasteiger charge is 2.09. The summed E-state index contributed by atoms with van der Waals surface area (Å²) in [6.45, 7) is 3.79. The molecule has 14 heavy (non-hydrogen) atoms. The zero-order valence-electron chi connectivity index (χ0n) is 8.20. The summed E-state index contributed by atoms with van der Waals surface area (Å²) < 4.78 is 0. The van der Waals surface area contributed by atoms with Crippen molar-refractivity contribution in [3.63, 3.8) is 0 Å². The first-order valence-electron chi connectivity index (χ1n) is 4.52. The molecule has 0 fully saturated rings. The fraction of sp³-hybridized carbons (Fsp3) is 0.167. The van der Waals surface area contributed by atoms with Crippen molar-refractivity contribution in [3.05, 3.63) is 35.4 Å². The van der Waals surface area contributed by atoms with E-state index in [1.54, 1.807) is 12.1 Å². The highest BCUT2D eigenvalue weighted by Crippen LogP contribution is 2.36. The Labute approximate surface area is 82.4 Å². The second-order valence-corrected chi connectivity index (χ2v) is 3.54. The van der Waals surface area contributed by atoms with Crippen molar-refractivity contribution in [2.24, 2.45) is 0 Å². The van der Waals surface area contributed by atoms with Gasteiger partial charge in [0.25, 0.3) is 0 Å². The lowest BCUT2D eigenvalue weighted by Gasteiger charge is -2.08. The van der Waals surface area contributed by atoms with Crippen LogP contribution < -0.4 is 0 Å². The van der Waals surface area contributed by atoms with Crippen molar-refractivity contribution in [2.45, 2.75) is 13.8 Å². The predicted molar refractivity (Wildman–Crippen MR) is 56.8 cm³/mol. The van der Waals surface area contributed by atoms with Gasteiger partial charge in [0.1, 0.15) is 11.5 Å². The third-order valence-corrected chi connectivity index (χ3v) is 2.63. The Morgan fingerprint density at radius 3 is 2.50 bits per heavy atom. The number of fused-ring (bicyclic) bond motifs is 1. The average Bonchev–Trinajstić information content (AvgIpc) is 2.14. The van der Waals surface area contributed by atoms with Gasteiger partial charge in [-0.3, -0.25) is 0 Å². The highest BCUT2D eigenvalue weighted by molar-refractivity contribution is 5.94. The number of phenols is 2. The van der Waals surface area contributed by atoms with Crippen LogP contribution in [0.15, 0.2) is 24.3 Å². The molecule has 0 aromatic heterocycles. The summed E-state index contributed by atoms with van der Waals surface area (Å²) in [7, 11) is 0. The van der Waals surface area contributed by atoms with E-state index in [1.165, 1.54) is 0 Å². The second kappa shape index (κ2) is 2.91. The van der Waals surface area contributed by atoms with Gasteiger partial charge in [-0.25, -0.2) is 0 Å². The number of aromatic hydroxyl groups is 2. The summed E-state index contributed by atoms with van der Waals surface area (Å²) in [6.07, 6.45) is 0. The zero-order valence-corrected chi connectivity index (χ0v) is 8.20.